The highest BCUT2D eigenvalue weighted by molar-refractivity contribution is 6.31. The van der Waals surface area contributed by atoms with Crippen LogP contribution in [0.2, 0.25) is 5.02 Å². The van der Waals surface area contributed by atoms with E-state index in [-0.39, 0.29) is 19.6 Å². The van der Waals surface area contributed by atoms with E-state index in [1.807, 2.05) is 30.3 Å². The van der Waals surface area contributed by atoms with Crippen molar-refractivity contribution in [3.05, 3.63) is 58.1 Å². The van der Waals surface area contributed by atoms with Gasteiger partial charge < -0.3 is 34.8 Å². The smallest absolute Gasteiger partial charge is 0.323 e. The molecular weight excluding hydrogens is 438 g/mol. The van der Waals surface area contributed by atoms with Crippen LogP contribution in [0.1, 0.15) is 29.2 Å². The van der Waals surface area contributed by atoms with Gasteiger partial charge in [0, 0.05) is 11.4 Å². The van der Waals surface area contributed by atoms with Crippen molar-refractivity contribution in [2.24, 2.45) is 0 Å². The van der Waals surface area contributed by atoms with Gasteiger partial charge >= 0.3 is 5.97 Å². The number of hydrogen-bond donors (Lipinski definition) is 4. The second-order valence-electron chi connectivity index (χ2n) is 8.13. The molecule has 0 aliphatic carbocycles. The van der Waals surface area contributed by atoms with Crippen molar-refractivity contribution < 1.29 is 34.7 Å². The molecule has 1 fully saturated rings. The molecule has 172 valence electrons. The summed E-state index contributed by atoms with van der Waals surface area (Å²) in [7, 11) is 0. The molecule has 0 radical (unpaired) electrons. The van der Waals surface area contributed by atoms with Gasteiger partial charge in [0.25, 0.3) is 0 Å². The van der Waals surface area contributed by atoms with E-state index in [4.69, 9.17) is 21.1 Å². The normalized spacial score (nSPS) is 25.2. The Morgan fingerprint density at radius 1 is 1.19 bits per heavy atom. The Hall–Kier alpha value is -2.36. The molecule has 1 saturated heterocycles. The summed E-state index contributed by atoms with van der Waals surface area (Å²) >= 11 is 6.45. The van der Waals surface area contributed by atoms with E-state index in [9.17, 15) is 25.2 Å². The summed E-state index contributed by atoms with van der Waals surface area (Å²) in [5.74, 6) is -0.251. The number of aliphatic hydroxyl groups excluding tert-OH is 3. The zero-order chi connectivity index (χ0) is 22.8. The molecule has 0 amide bonds. The first-order valence-corrected chi connectivity index (χ1v) is 10.9. The van der Waals surface area contributed by atoms with Crippen molar-refractivity contribution in [2.75, 3.05) is 31.2 Å². The maximum Gasteiger partial charge on any atom is 0.323 e. The third-order valence-electron chi connectivity index (χ3n) is 5.89. The van der Waals surface area contributed by atoms with Gasteiger partial charge in [-0.05, 0) is 41.3 Å². The van der Waals surface area contributed by atoms with Crippen LogP contribution in [0.5, 0.6) is 5.75 Å². The van der Waals surface area contributed by atoms with Gasteiger partial charge in [-0.15, -0.1) is 0 Å². The summed E-state index contributed by atoms with van der Waals surface area (Å²) in [6.45, 7) is 0.441. The van der Waals surface area contributed by atoms with Gasteiger partial charge in [-0.25, -0.2) is 0 Å². The summed E-state index contributed by atoms with van der Waals surface area (Å²) in [4.78, 5) is 13.0. The topological polar surface area (TPSA) is 120 Å². The molecular formula is C23H26ClNO7. The van der Waals surface area contributed by atoms with Crippen LogP contribution in [-0.4, -0.2) is 71.0 Å². The van der Waals surface area contributed by atoms with Crippen molar-refractivity contribution in [1.82, 2.24) is 0 Å². The number of anilines is 1. The SMILES string of the molecule is O=C(O)CN1CCOc2ccc(Cc3cc([C@H]4C[C@@H](O)[C@H](O)[C@@H](CO)O4)ccc3Cl)cc21. The number of carboxylic acid groups (broad SMARTS) is 1. The molecule has 2 heterocycles. The highest BCUT2D eigenvalue weighted by atomic mass is 35.5. The molecule has 0 unspecified atom stereocenters. The molecule has 0 bridgehead atoms. The van der Waals surface area contributed by atoms with Gasteiger partial charge in [-0.1, -0.05) is 29.8 Å². The predicted molar refractivity (Wildman–Crippen MR) is 117 cm³/mol. The zero-order valence-electron chi connectivity index (χ0n) is 17.4. The molecule has 32 heavy (non-hydrogen) atoms. The van der Waals surface area contributed by atoms with Crippen LogP contribution in [0.25, 0.3) is 0 Å². The number of hydrogen-bond acceptors (Lipinski definition) is 7. The fraction of sp³-hybridized carbons (Fsp3) is 0.435. The van der Waals surface area contributed by atoms with Crippen LogP contribution < -0.4 is 9.64 Å². The fourth-order valence-corrected chi connectivity index (χ4v) is 4.41. The van der Waals surface area contributed by atoms with Crippen LogP contribution in [0.3, 0.4) is 0 Å². The Kier molecular flexibility index (Phi) is 6.88. The lowest BCUT2D eigenvalue weighted by Gasteiger charge is -2.36. The fourth-order valence-electron chi connectivity index (χ4n) is 4.23. The number of fused-ring (bicyclic) bond motifs is 1. The Labute approximate surface area is 190 Å². The lowest BCUT2D eigenvalue weighted by molar-refractivity contribution is -0.181. The lowest BCUT2D eigenvalue weighted by atomic mass is 9.92. The minimum absolute atomic E-state index is 0.102. The van der Waals surface area contributed by atoms with E-state index in [1.165, 1.54) is 0 Å². The molecule has 2 aliphatic rings. The number of aliphatic hydroxyl groups is 3. The largest absolute Gasteiger partial charge is 0.490 e. The Balaban J connectivity index is 1.57. The number of benzene rings is 2. The average molecular weight is 464 g/mol. The van der Waals surface area contributed by atoms with Gasteiger partial charge in [0.05, 0.1) is 31.0 Å². The molecule has 8 nitrogen and oxygen atoms in total. The summed E-state index contributed by atoms with van der Waals surface area (Å²) in [5.41, 5.74) is 3.32. The first-order valence-electron chi connectivity index (χ1n) is 10.5. The second kappa shape index (κ2) is 9.64. The van der Waals surface area contributed by atoms with Gasteiger partial charge in [0.2, 0.25) is 0 Å². The minimum Gasteiger partial charge on any atom is -0.490 e. The summed E-state index contributed by atoms with van der Waals surface area (Å²) < 4.78 is 11.5. The van der Waals surface area contributed by atoms with E-state index in [0.717, 1.165) is 22.4 Å². The van der Waals surface area contributed by atoms with Gasteiger partial charge in [-0.3, -0.25) is 4.79 Å². The monoisotopic (exact) mass is 463 g/mol. The number of halogens is 1. The molecule has 0 aromatic heterocycles. The van der Waals surface area contributed by atoms with E-state index in [0.29, 0.717) is 30.3 Å². The van der Waals surface area contributed by atoms with Crippen LogP contribution in [0, 0.1) is 0 Å². The summed E-state index contributed by atoms with van der Waals surface area (Å²) in [6.07, 6.45) is -2.75. The van der Waals surface area contributed by atoms with Crippen molar-refractivity contribution in [2.45, 2.75) is 37.3 Å². The van der Waals surface area contributed by atoms with Crippen LogP contribution >= 0.6 is 11.6 Å². The molecule has 4 atom stereocenters. The number of ether oxygens (including phenoxy) is 2. The van der Waals surface area contributed by atoms with Crippen LogP contribution in [-0.2, 0) is 16.0 Å². The van der Waals surface area contributed by atoms with Crippen LogP contribution in [0.15, 0.2) is 36.4 Å². The number of carboxylic acids is 1. The van der Waals surface area contributed by atoms with E-state index >= 15 is 0 Å². The lowest BCUT2D eigenvalue weighted by Crippen LogP contribution is -2.47. The van der Waals surface area contributed by atoms with Crippen LogP contribution in [0.4, 0.5) is 5.69 Å². The summed E-state index contributed by atoms with van der Waals surface area (Å²) in [6, 6.07) is 11.1. The van der Waals surface area contributed by atoms with Gasteiger partial charge in [-0.2, -0.15) is 0 Å². The number of aliphatic carboxylic acids is 1. The van der Waals surface area contributed by atoms with E-state index < -0.39 is 30.4 Å². The second-order valence-corrected chi connectivity index (χ2v) is 8.54. The number of nitrogens with zero attached hydrogens (tertiary/aromatic N) is 1. The standard InChI is InChI=1S/C23H26ClNO7/c24-16-3-2-14(20-10-18(27)23(30)21(12-26)32-20)9-15(16)7-13-1-4-19-17(8-13)25(5-6-31-19)11-22(28)29/h1-4,8-9,18,20-21,23,26-27,30H,5-7,10-12H2,(H,28,29)/t18-,20-,21-,23+/m1/s1. The number of carbonyl (C=O) groups is 1. The first-order chi connectivity index (χ1) is 15.4. The van der Waals surface area contributed by atoms with Crippen molar-refractivity contribution in [1.29, 1.82) is 0 Å². The molecule has 2 aromatic rings. The molecule has 4 N–H and O–H groups in total. The maximum absolute atomic E-state index is 11.2. The van der Waals surface area contributed by atoms with E-state index in [1.54, 1.807) is 11.0 Å². The molecule has 9 heteroatoms. The highest BCUT2D eigenvalue weighted by Gasteiger charge is 2.37. The predicted octanol–water partition coefficient (Wildman–Crippen LogP) is 1.76. The van der Waals surface area contributed by atoms with Crippen molar-refractivity contribution in [3.63, 3.8) is 0 Å². The maximum atomic E-state index is 11.2. The Morgan fingerprint density at radius 2 is 2.00 bits per heavy atom. The minimum atomic E-state index is -1.13. The average Bonchev–Trinajstić information content (AvgIpc) is 2.77. The molecule has 0 saturated carbocycles. The molecule has 0 spiro atoms. The first kappa shape index (κ1) is 22.8. The zero-order valence-corrected chi connectivity index (χ0v) is 18.1. The third kappa shape index (κ3) is 4.84. The van der Waals surface area contributed by atoms with Crippen molar-refractivity contribution in [3.8, 4) is 5.75 Å². The molecule has 4 rings (SSSR count). The Morgan fingerprint density at radius 3 is 2.75 bits per heavy atom. The van der Waals surface area contributed by atoms with Gasteiger partial charge in [0.15, 0.2) is 0 Å². The summed E-state index contributed by atoms with van der Waals surface area (Å²) in [5, 5.41) is 39.3. The quantitative estimate of drug-likeness (QED) is 0.511. The molecule has 2 aliphatic heterocycles. The molecule has 2 aromatic carbocycles. The van der Waals surface area contributed by atoms with E-state index in [2.05, 4.69) is 0 Å². The Bertz CT molecular complexity index is 985. The van der Waals surface area contributed by atoms with Gasteiger partial charge in [0.1, 0.15) is 31.1 Å². The highest BCUT2D eigenvalue weighted by Crippen LogP contribution is 2.36. The third-order valence-corrected chi connectivity index (χ3v) is 6.26. The number of rotatable bonds is 6. The van der Waals surface area contributed by atoms with Crippen molar-refractivity contribution >= 4 is 23.3 Å².